The number of hydrogen-bond acceptors (Lipinski definition) is 4. The van der Waals surface area contributed by atoms with E-state index in [1.54, 1.807) is 0 Å². The van der Waals surface area contributed by atoms with E-state index in [2.05, 4.69) is 28.5 Å². The fourth-order valence-corrected chi connectivity index (χ4v) is 6.24. The van der Waals surface area contributed by atoms with E-state index in [0.29, 0.717) is 17.9 Å². The van der Waals surface area contributed by atoms with Gasteiger partial charge in [-0.1, -0.05) is 26.7 Å². The van der Waals surface area contributed by atoms with Gasteiger partial charge >= 0.3 is 0 Å². The monoisotopic (exact) mass is 405 g/mol. The fraction of sp³-hybridized carbons (Fsp3) is 0.958. The minimum atomic E-state index is 0.0299. The van der Waals surface area contributed by atoms with E-state index in [4.69, 9.17) is 4.74 Å². The average molecular weight is 406 g/mol. The van der Waals surface area contributed by atoms with Crippen LogP contribution in [0.2, 0.25) is 0 Å². The quantitative estimate of drug-likeness (QED) is 0.703. The number of piperazine rings is 1. The van der Waals surface area contributed by atoms with Crippen LogP contribution in [0.15, 0.2) is 0 Å². The Balaban J connectivity index is 1.24. The van der Waals surface area contributed by atoms with Crippen molar-refractivity contribution in [3.8, 4) is 0 Å². The highest BCUT2D eigenvalue weighted by atomic mass is 16.5. The third-order valence-corrected chi connectivity index (χ3v) is 7.98. The number of ether oxygens (including phenoxy) is 1. The summed E-state index contributed by atoms with van der Waals surface area (Å²) in [5, 5.41) is 0. The molecular weight excluding hydrogens is 362 g/mol. The molecule has 1 saturated carbocycles. The molecule has 4 rings (SSSR count). The van der Waals surface area contributed by atoms with Crippen molar-refractivity contribution in [1.82, 2.24) is 14.7 Å². The standard InChI is InChI=1S/C24H43N3O2/c1-20(2)19-25-12-14-26(15-13-25)22-7-16-29-24(18-22)8-10-27(11-9-24)23(28)17-21-5-3-4-6-21/h20-22H,3-19H2,1-2H3. The Kier molecular flexibility index (Phi) is 7.18. The largest absolute Gasteiger partial charge is 0.375 e. The van der Waals surface area contributed by atoms with E-state index >= 15 is 0 Å². The van der Waals surface area contributed by atoms with Crippen molar-refractivity contribution in [1.29, 1.82) is 0 Å². The smallest absolute Gasteiger partial charge is 0.222 e. The molecule has 1 atom stereocenters. The SMILES string of the molecule is CC(C)CN1CCN(C2CCOC3(CCN(C(=O)CC4CCCC4)CC3)C2)CC1. The predicted molar refractivity (Wildman–Crippen MR) is 117 cm³/mol. The fourth-order valence-electron chi connectivity index (χ4n) is 6.24. The molecule has 4 aliphatic rings. The van der Waals surface area contributed by atoms with Crippen molar-refractivity contribution < 1.29 is 9.53 Å². The van der Waals surface area contributed by atoms with Gasteiger partial charge in [0, 0.05) is 64.9 Å². The lowest BCUT2D eigenvalue weighted by Crippen LogP contribution is -2.57. The van der Waals surface area contributed by atoms with Gasteiger partial charge in [-0.25, -0.2) is 0 Å². The molecule has 3 heterocycles. The zero-order valence-corrected chi connectivity index (χ0v) is 18.9. The maximum absolute atomic E-state index is 12.7. The summed E-state index contributed by atoms with van der Waals surface area (Å²) in [5.41, 5.74) is 0.0299. The molecule has 0 N–H and O–H groups in total. The maximum Gasteiger partial charge on any atom is 0.222 e. The Labute approximate surface area is 178 Å². The van der Waals surface area contributed by atoms with Gasteiger partial charge in [-0.2, -0.15) is 0 Å². The number of carbonyl (C=O) groups is 1. The Bertz CT molecular complexity index is 530. The Morgan fingerprint density at radius 3 is 2.34 bits per heavy atom. The van der Waals surface area contributed by atoms with E-state index in [1.807, 2.05) is 0 Å². The molecule has 1 spiro atoms. The lowest BCUT2D eigenvalue weighted by molar-refractivity contribution is -0.150. The zero-order chi connectivity index (χ0) is 20.3. The second kappa shape index (κ2) is 9.65. The first-order chi connectivity index (χ1) is 14.0. The number of amides is 1. The van der Waals surface area contributed by atoms with Gasteiger partial charge in [0.2, 0.25) is 5.91 Å². The highest BCUT2D eigenvalue weighted by Crippen LogP contribution is 2.37. The second-order valence-corrected chi connectivity index (χ2v) is 10.6. The third kappa shape index (κ3) is 5.54. The first-order valence-electron chi connectivity index (χ1n) is 12.4. The summed E-state index contributed by atoms with van der Waals surface area (Å²) < 4.78 is 6.39. The number of likely N-dealkylation sites (tertiary alicyclic amines) is 1. The van der Waals surface area contributed by atoms with Crippen LogP contribution >= 0.6 is 0 Å². The molecule has 3 saturated heterocycles. The molecule has 0 aromatic heterocycles. The molecule has 1 amide bonds. The van der Waals surface area contributed by atoms with Crippen molar-refractivity contribution in [3.05, 3.63) is 0 Å². The number of rotatable bonds is 5. The van der Waals surface area contributed by atoms with E-state index in [-0.39, 0.29) is 5.60 Å². The highest BCUT2D eigenvalue weighted by molar-refractivity contribution is 5.76. The minimum Gasteiger partial charge on any atom is -0.375 e. The number of nitrogens with zero attached hydrogens (tertiary/aromatic N) is 3. The Hall–Kier alpha value is -0.650. The maximum atomic E-state index is 12.7. The molecule has 0 aromatic carbocycles. The van der Waals surface area contributed by atoms with Crippen LogP contribution in [0.4, 0.5) is 0 Å². The molecule has 0 bridgehead atoms. The van der Waals surface area contributed by atoms with Gasteiger partial charge in [0.25, 0.3) is 0 Å². The molecular formula is C24H43N3O2. The van der Waals surface area contributed by atoms with Crippen molar-refractivity contribution in [3.63, 3.8) is 0 Å². The molecule has 5 heteroatoms. The van der Waals surface area contributed by atoms with E-state index in [0.717, 1.165) is 44.9 Å². The van der Waals surface area contributed by atoms with Crippen molar-refractivity contribution in [2.75, 3.05) is 52.4 Å². The van der Waals surface area contributed by atoms with Gasteiger partial charge in [-0.3, -0.25) is 9.69 Å². The second-order valence-electron chi connectivity index (χ2n) is 10.6. The Morgan fingerprint density at radius 2 is 1.69 bits per heavy atom. The van der Waals surface area contributed by atoms with Crippen molar-refractivity contribution in [2.45, 2.75) is 83.3 Å². The van der Waals surface area contributed by atoms with Crippen LogP contribution in [0.3, 0.4) is 0 Å². The van der Waals surface area contributed by atoms with Gasteiger partial charge in [-0.15, -0.1) is 0 Å². The summed E-state index contributed by atoms with van der Waals surface area (Å²) in [6.07, 6.45) is 10.4. The van der Waals surface area contributed by atoms with Crippen molar-refractivity contribution >= 4 is 5.91 Å². The number of carbonyl (C=O) groups excluding carboxylic acids is 1. The molecule has 0 aromatic rings. The summed E-state index contributed by atoms with van der Waals surface area (Å²) in [4.78, 5) is 20.2. The Morgan fingerprint density at radius 1 is 1.00 bits per heavy atom. The summed E-state index contributed by atoms with van der Waals surface area (Å²) in [6.45, 7) is 13.4. The zero-order valence-electron chi connectivity index (χ0n) is 18.9. The van der Waals surface area contributed by atoms with E-state index in [9.17, 15) is 4.79 Å². The van der Waals surface area contributed by atoms with Gasteiger partial charge in [0.05, 0.1) is 5.60 Å². The van der Waals surface area contributed by atoms with Crippen LogP contribution in [0.5, 0.6) is 0 Å². The van der Waals surface area contributed by atoms with Crippen LogP contribution in [0.25, 0.3) is 0 Å². The van der Waals surface area contributed by atoms with Crippen LogP contribution in [-0.4, -0.2) is 84.7 Å². The molecule has 1 aliphatic carbocycles. The van der Waals surface area contributed by atoms with E-state index in [1.165, 1.54) is 71.2 Å². The summed E-state index contributed by atoms with van der Waals surface area (Å²) in [5.74, 6) is 1.82. The molecule has 5 nitrogen and oxygen atoms in total. The molecule has 4 fully saturated rings. The van der Waals surface area contributed by atoms with Crippen LogP contribution in [0.1, 0.15) is 71.6 Å². The van der Waals surface area contributed by atoms with Gasteiger partial charge in [0.15, 0.2) is 0 Å². The number of hydrogen-bond donors (Lipinski definition) is 0. The van der Waals surface area contributed by atoms with Crippen LogP contribution < -0.4 is 0 Å². The molecule has 3 aliphatic heterocycles. The van der Waals surface area contributed by atoms with Crippen LogP contribution in [-0.2, 0) is 9.53 Å². The van der Waals surface area contributed by atoms with Gasteiger partial charge in [-0.05, 0) is 50.4 Å². The van der Waals surface area contributed by atoms with Crippen LogP contribution in [0, 0.1) is 11.8 Å². The number of piperidine rings is 1. The molecule has 1 unspecified atom stereocenters. The predicted octanol–water partition coefficient (Wildman–Crippen LogP) is 3.38. The lowest BCUT2D eigenvalue weighted by atomic mass is 9.81. The minimum absolute atomic E-state index is 0.0299. The summed E-state index contributed by atoms with van der Waals surface area (Å²) >= 11 is 0. The van der Waals surface area contributed by atoms with Gasteiger partial charge < -0.3 is 14.5 Å². The first-order valence-corrected chi connectivity index (χ1v) is 12.4. The summed E-state index contributed by atoms with van der Waals surface area (Å²) in [7, 11) is 0. The van der Waals surface area contributed by atoms with Gasteiger partial charge in [0.1, 0.15) is 0 Å². The first kappa shape index (κ1) is 21.6. The lowest BCUT2D eigenvalue weighted by Gasteiger charge is -2.50. The van der Waals surface area contributed by atoms with Crippen molar-refractivity contribution in [2.24, 2.45) is 11.8 Å². The topological polar surface area (TPSA) is 36.0 Å². The average Bonchev–Trinajstić information content (AvgIpc) is 3.22. The third-order valence-electron chi connectivity index (χ3n) is 7.98. The van der Waals surface area contributed by atoms with E-state index < -0.39 is 0 Å². The normalized spacial score (nSPS) is 29.8. The molecule has 29 heavy (non-hydrogen) atoms. The molecule has 166 valence electrons. The summed E-state index contributed by atoms with van der Waals surface area (Å²) in [6, 6.07) is 0.672. The highest BCUT2D eigenvalue weighted by Gasteiger charge is 2.43. The molecule has 0 radical (unpaired) electrons.